The van der Waals surface area contributed by atoms with Crippen LogP contribution < -0.4 is 5.73 Å². The van der Waals surface area contributed by atoms with Crippen LogP contribution in [0, 0.1) is 0 Å². The van der Waals surface area contributed by atoms with Crippen molar-refractivity contribution in [3.63, 3.8) is 0 Å². The van der Waals surface area contributed by atoms with E-state index in [9.17, 15) is 0 Å². The van der Waals surface area contributed by atoms with E-state index in [1.54, 1.807) is 13.3 Å². The molecule has 6 nitrogen and oxygen atoms in total. The first kappa shape index (κ1) is 15.8. The van der Waals surface area contributed by atoms with Crippen LogP contribution in [-0.4, -0.2) is 26.7 Å². The molecule has 3 aromatic heterocycles. The summed E-state index contributed by atoms with van der Waals surface area (Å²) in [6.45, 7) is 0. The van der Waals surface area contributed by atoms with Gasteiger partial charge in [-0.2, -0.15) is 0 Å². The number of nitrogens with zero attached hydrogens (tertiary/aromatic N) is 3. The number of allylic oxidation sites excluding steroid dienone is 2. The van der Waals surface area contributed by atoms with Crippen LogP contribution >= 0.6 is 0 Å². The molecule has 4 aromatic rings. The summed E-state index contributed by atoms with van der Waals surface area (Å²) in [6, 6.07) is 12.5. The zero-order valence-electron chi connectivity index (χ0n) is 14.8. The molecule has 2 atom stereocenters. The third-order valence-corrected chi connectivity index (χ3v) is 5.33. The molecule has 134 valence electrons. The van der Waals surface area contributed by atoms with Crippen LogP contribution in [0.5, 0.6) is 0 Å². The van der Waals surface area contributed by atoms with E-state index in [-0.39, 0.29) is 11.9 Å². The topological polar surface area (TPSA) is 81.2 Å². The van der Waals surface area contributed by atoms with Crippen molar-refractivity contribution in [2.45, 2.75) is 11.5 Å². The van der Waals surface area contributed by atoms with Crippen LogP contribution in [0.4, 0.5) is 5.95 Å². The number of aromatic nitrogens is 4. The third-order valence-electron chi connectivity index (χ3n) is 5.33. The average Bonchev–Trinajstić information content (AvgIpc) is 3.33. The van der Waals surface area contributed by atoms with Crippen molar-refractivity contribution >= 4 is 22.4 Å². The number of ether oxygens (including phenoxy) is 1. The predicted molar refractivity (Wildman–Crippen MR) is 105 cm³/mol. The minimum Gasteiger partial charge on any atom is -0.368 e. The SMILES string of the molecule is COC1(c2ccc3[nH]ccc3c2)C=CC=CC1c1ccc2cnc(N)nn12. The number of hydrogen-bond acceptors (Lipinski definition) is 4. The van der Waals surface area contributed by atoms with Crippen LogP contribution in [-0.2, 0) is 10.3 Å². The molecule has 6 heteroatoms. The summed E-state index contributed by atoms with van der Waals surface area (Å²) in [4.78, 5) is 7.33. The second-order valence-corrected chi connectivity index (χ2v) is 6.71. The highest BCUT2D eigenvalue weighted by Gasteiger charge is 2.41. The van der Waals surface area contributed by atoms with E-state index in [4.69, 9.17) is 10.5 Å². The van der Waals surface area contributed by atoms with Gasteiger partial charge in [0.2, 0.25) is 5.95 Å². The maximum atomic E-state index is 6.17. The maximum absolute atomic E-state index is 6.17. The Kier molecular flexibility index (Phi) is 3.42. The number of nitrogens with two attached hydrogens (primary N) is 1. The zero-order chi connectivity index (χ0) is 18.4. The fourth-order valence-electron chi connectivity index (χ4n) is 3.99. The fourth-order valence-corrected chi connectivity index (χ4v) is 3.99. The lowest BCUT2D eigenvalue weighted by atomic mass is 9.76. The van der Waals surface area contributed by atoms with Gasteiger partial charge in [0.25, 0.3) is 0 Å². The monoisotopic (exact) mass is 357 g/mol. The molecule has 0 saturated carbocycles. The first-order valence-corrected chi connectivity index (χ1v) is 8.80. The molecule has 0 aliphatic heterocycles. The Morgan fingerprint density at radius 3 is 3.00 bits per heavy atom. The molecule has 1 aliphatic rings. The second-order valence-electron chi connectivity index (χ2n) is 6.71. The van der Waals surface area contributed by atoms with Gasteiger partial charge in [0.05, 0.1) is 23.3 Å². The van der Waals surface area contributed by atoms with E-state index >= 15 is 0 Å². The highest BCUT2D eigenvalue weighted by atomic mass is 16.5. The van der Waals surface area contributed by atoms with E-state index < -0.39 is 5.60 Å². The summed E-state index contributed by atoms with van der Waals surface area (Å²) in [5, 5.41) is 5.56. The highest BCUT2D eigenvalue weighted by Crippen LogP contribution is 2.45. The molecule has 3 N–H and O–H groups in total. The molecular formula is C21H19N5O. The van der Waals surface area contributed by atoms with Crippen molar-refractivity contribution in [2.24, 2.45) is 0 Å². The van der Waals surface area contributed by atoms with Gasteiger partial charge in [-0.05, 0) is 47.4 Å². The Balaban J connectivity index is 1.72. The minimum atomic E-state index is -0.645. The van der Waals surface area contributed by atoms with Gasteiger partial charge < -0.3 is 15.5 Å². The lowest BCUT2D eigenvalue weighted by Gasteiger charge is -2.37. The van der Waals surface area contributed by atoms with E-state index in [1.807, 2.05) is 28.9 Å². The van der Waals surface area contributed by atoms with Crippen molar-refractivity contribution < 1.29 is 4.74 Å². The molecule has 0 fully saturated rings. The second kappa shape index (κ2) is 5.82. The lowest BCUT2D eigenvalue weighted by molar-refractivity contribution is 0.0141. The first-order valence-electron chi connectivity index (χ1n) is 8.80. The number of benzene rings is 1. The molecule has 0 bridgehead atoms. The quantitative estimate of drug-likeness (QED) is 0.588. The highest BCUT2D eigenvalue weighted by molar-refractivity contribution is 5.80. The van der Waals surface area contributed by atoms with Crippen molar-refractivity contribution in [1.82, 2.24) is 19.6 Å². The van der Waals surface area contributed by atoms with Crippen LogP contribution in [0.1, 0.15) is 17.2 Å². The molecule has 27 heavy (non-hydrogen) atoms. The minimum absolute atomic E-state index is 0.0688. The number of rotatable bonds is 3. The van der Waals surface area contributed by atoms with Gasteiger partial charge in [-0.25, -0.2) is 9.50 Å². The normalized spacial score (nSPS) is 22.0. The smallest absolute Gasteiger partial charge is 0.238 e. The number of anilines is 1. The lowest BCUT2D eigenvalue weighted by Crippen LogP contribution is -2.35. The molecule has 2 unspecified atom stereocenters. The van der Waals surface area contributed by atoms with Gasteiger partial charge in [0, 0.05) is 18.8 Å². The summed E-state index contributed by atoms with van der Waals surface area (Å²) in [6.07, 6.45) is 12.0. The molecule has 3 heterocycles. The van der Waals surface area contributed by atoms with Gasteiger partial charge in [0.1, 0.15) is 5.60 Å². The standard InChI is InChI=1S/C21H19N5O/c1-27-21(15-5-7-18-14(12-15)9-11-23-18)10-3-2-4-17(21)19-8-6-16-13-24-20(22)25-26(16)19/h2-13,17,23H,1H3,(H2,22,25). The Hall–Kier alpha value is -3.38. The third kappa shape index (κ3) is 2.30. The Bertz CT molecular complexity index is 1200. The number of hydrogen-bond donors (Lipinski definition) is 2. The van der Waals surface area contributed by atoms with Gasteiger partial charge >= 0.3 is 0 Å². The van der Waals surface area contributed by atoms with Crippen molar-refractivity contribution in [3.05, 3.63) is 84.4 Å². The predicted octanol–water partition coefficient (Wildman–Crippen LogP) is 3.54. The Morgan fingerprint density at radius 2 is 2.11 bits per heavy atom. The Labute approximate surface area is 156 Å². The van der Waals surface area contributed by atoms with Gasteiger partial charge in [-0.3, -0.25) is 0 Å². The summed E-state index contributed by atoms with van der Waals surface area (Å²) < 4.78 is 8.02. The molecule has 0 amide bonds. The van der Waals surface area contributed by atoms with E-state index in [1.165, 1.54) is 0 Å². The molecule has 0 radical (unpaired) electrons. The van der Waals surface area contributed by atoms with Crippen LogP contribution in [0.15, 0.2) is 73.1 Å². The number of methoxy groups -OCH3 is 1. The molecule has 1 aliphatic carbocycles. The van der Waals surface area contributed by atoms with E-state index in [0.717, 1.165) is 27.7 Å². The zero-order valence-corrected chi connectivity index (χ0v) is 14.8. The van der Waals surface area contributed by atoms with Crippen LogP contribution in [0.25, 0.3) is 16.4 Å². The molecule has 0 spiro atoms. The van der Waals surface area contributed by atoms with Crippen molar-refractivity contribution in [1.29, 1.82) is 0 Å². The van der Waals surface area contributed by atoms with E-state index in [0.29, 0.717) is 0 Å². The van der Waals surface area contributed by atoms with Crippen molar-refractivity contribution in [2.75, 3.05) is 12.8 Å². The maximum Gasteiger partial charge on any atom is 0.238 e. The summed E-state index contributed by atoms with van der Waals surface area (Å²) >= 11 is 0. The fraction of sp³-hybridized carbons (Fsp3) is 0.143. The number of nitrogen functional groups attached to an aromatic ring is 1. The summed E-state index contributed by atoms with van der Waals surface area (Å²) in [5.41, 5.74) is 9.27. The Morgan fingerprint density at radius 1 is 1.19 bits per heavy atom. The first-order chi connectivity index (χ1) is 13.2. The molecule has 0 saturated heterocycles. The van der Waals surface area contributed by atoms with Crippen LogP contribution in [0.2, 0.25) is 0 Å². The molecular weight excluding hydrogens is 338 g/mol. The number of H-pyrrole nitrogens is 1. The van der Waals surface area contributed by atoms with Crippen molar-refractivity contribution in [3.8, 4) is 0 Å². The van der Waals surface area contributed by atoms with Crippen LogP contribution in [0.3, 0.4) is 0 Å². The molecule has 1 aromatic carbocycles. The largest absolute Gasteiger partial charge is 0.368 e. The average molecular weight is 357 g/mol. The summed E-state index contributed by atoms with van der Waals surface area (Å²) in [7, 11) is 1.75. The number of aromatic amines is 1. The van der Waals surface area contributed by atoms with Gasteiger partial charge in [0.15, 0.2) is 0 Å². The van der Waals surface area contributed by atoms with E-state index in [2.05, 4.69) is 57.6 Å². The molecule has 5 rings (SSSR count). The number of nitrogens with one attached hydrogen (secondary N) is 1. The van der Waals surface area contributed by atoms with Gasteiger partial charge in [-0.15, -0.1) is 5.10 Å². The van der Waals surface area contributed by atoms with Gasteiger partial charge in [-0.1, -0.05) is 24.3 Å². The number of fused-ring (bicyclic) bond motifs is 2. The summed E-state index contributed by atoms with van der Waals surface area (Å²) in [5.74, 6) is 0.174.